The van der Waals surface area contributed by atoms with Crippen molar-refractivity contribution in [3.63, 3.8) is 0 Å². The van der Waals surface area contributed by atoms with Crippen molar-refractivity contribution in [1.82, 2.24) is 5.32 Å². The van der Waals surface area contributed by atoms with E-state index in [0.29, 0.717) is 0 Å². The molecule has 6 heteroatoms. The third-order valence-electron chi connectivity index (χ3n) is 2.32. The van der Waals surface area contributed by atoms with Crippen molar-refractivity contribution >= 4 is 17.8 Å². The van der Waals surface area contributed by atoms with Gasteiger partial charge in [-0.05, 0) is 12.5 Å². The van der Waals surface area contributed by atoms with E-state index < -0.39 is 17.8 Å². The Labute approximate surface area is 117 Å². The van der Waals surface area contributed by atoms with Gasteiger partial charge in [0, 0.05) is 6.54 Å². The second-order valence-electron chi connectivity index (χ2n) is 3.87. The van der Waals surface area contributed by atoms with Crippen LogP contribution in [-0.2, 0) is 30.5 Å². The summed E-state index contributed by atoms with van der Waals surface area (Å²) in [5.74, 6) is -2.27. The fourth-order valence-electron chi connectivity index (χ4n) is 1.37. The number of amides is 1. The fraction of sp³-hybridized carbons (Fsp3) is 0.357. The molecule has 0 saturated heterocycles. The summed E-state index contributed by atoms with van der Waals surface area (Å²) in [5, 5.41) is 2.29. The Kier molecular flexibility index (Phi) is 6.81. The van der Waals surface area contributed by atoms with Crippen LogP contribution in [0, 0.1) is 0 Å². The Bertz CT molecular complexity index is 458. The normalized spacial score (nSPS) is 9.65. The summed E-state index contributed by atoms with van der Waals surface area (Å²) < 4.78 is 9.51. The molecule has 1 amide bonds. The molecule has 1 aromatic carbocycles. The third-order valence-corrected chi connectivity index (χ3v) is 2.32. The van der Waals surface area contributed by atoms with E-state index in [1.807, 2.05) is 18.2 Å². The Morgan fingerprint density at radius 1 is 1.10 bits per heavy atom. The van der Waals surface area contributed by atoms with Crippen molar-refractivity contribution in [3.05, 3.63) is 35.9 Å². The summed E-state index contributed by atoms with van der Waals surface area (Å²) in [6.45, 7) is 2.05. The van der Waals surface area contributed by atoms with Crippen molar-refractivity contribution in [1.29, 1.82) is 0 Å². The van der Waals surface area contributed by atoms with E-state index in [4.69, 9.17) is 4.74 Å². The van der Waals surface area contributed by atoms with Crippen molar-refractivity contribution in [2.45, 2.75) is 20.0 Å². The molecule has 1 aromatic rings. The number of benzene rings is 1. The van der Waals surface area contributed by atoms with Crippen LogP contribution < -0.4 is 5.32 Å². The average Bonchev–Trinajstić information content (AvgIpc) is 2.46. The molecule has 0 heterocycles. The van der Waals surface area contributed by atoms with Crippen LogP contribution in [0.3, 0.4) is 0 Å². The number of hydrogen-bond donors (Lipinski definition) is 1. The number of rotatable bonds is 6. The number of hydrogen-bond acceptors (Lipinski definition) is 5. The molecule has 0 bridgehead atoms. The second kappa shape index (κ2) is 8.68. The second-order valence-corrected chi connectivity index (χ2v) is 3.87. The Morgan fingerprint density at radius 3 is 2.45 bits per heavy atom. The van der Waals surface area contributed by atoms with Crippen LogP contribution in [0.2, 0.25) is 0 Å². The molecular weight excluding hydrogens is 262 g/mol. The SMILES string of the molecule is CCOC(=O)CCNC(=O)C(=O)OCc1ccccc1. The Hall–Kier alpha value is -2.37. The fourth-order valence-corrected chi connectivity index (χ4v) is 1.37. The van der Waals surface area contributed by atoms with Gasteiger partial charge in [0.05, 0.1) is 13.0 Å². The number of carbonyl (C=O) groups is 3. The number of ether oxygens (including phenoxy) is 2. The predicted octanol–water partition coefficient (Wildman–Crippen LogP) is 0.799. The van der Waals surface area contributed by atoms with E-state index in [1.165, 1.54) is 0 Å². The molecule has 0 saturated carbocycles. The van der Waals surface area contributed by atoms with Crippen LogP contribution in [0.5, 0.6) is 0 Å². The van der Waals surface area contributed by atoms with Gasteiger partial charge in [-0.1, -0.05) is 30.3 Å². The molecule has 0 atom stereocenters. The van der Waals surface area contributed by atoms with E-state index in [-0.39, 0.29) is 26.2 Å². The zero-order chi connectivity index (χ0) is 14.8. The van der Waals surface area contributed by atoms with Crippen LogP contribution >= 0.6 is 0 Å². The topological polar surface area (TPSA) is 81.7 Å². The first-order chi connectivity index (χ1) is 9.63. The lowest BCUT2D eigenvalue weighted by Crippen LogP contribution is -2.34. The highest BCUT2D eigenvalue weighted by Crippen LogP contribution is 2.00. The van der Waals surface area contributed by atoms with Crippen molar-refractivity contribution < 1.29 is 23.9 Å². The zero-order valence-corrected chi connectivity index (χ0v) is 11.3. The summed E-state index contributed by atoms with van der Waals surface area (Å²) in [6.07, 6.45) is 0.0194. The molecular formula is C14H17NO5. The number of esters is 2. The van der Waals surface area contributed by atoms with Gasteiger partial charge < -0.3 is 14.8 Å². The minimum absolute atomic E-state index is 0.0194. The highest BCUT2D eigenvalue weighted by atomic mass is 16.5. The maximum absolute atomic E-state index is 11.4. The van der Waals surface area contributed by atoms with Gasteiger partial charge in [-0.25, -0.2) is 4.79 Å². The van der Waals surface area contributed by atoms with Crippen LogP contribution in [0.15, 0.2) is 30.3 Å². The summed E-state index contributed by atoms with van der Waals surface area (Å²) in [4.78, 5) is 33.7. The monoisotopic (exact) mass is 279 g/mol. The first kappa shape index (κ1) is 15.7. The van der Waals surface area contributed by atoms with Crippen LogP contribution in [0.4, 0.5) is 0 Å². The molecule has 0 aliphatic rings. The van der Waals surface area contributed by atoms with Gasteiger partial charge in [0.25, 0.3) is 0 Å². The van der Waals surface area contributed by atoms with Gasteiger partial charge in [0.1, 0.15) is 6.61 Å². The average molecular weight is 279 g/mol. The lowest BCUT2D eigenvalue weighted by atomic mass is 10.2. The molecule has 0 fully saturated rings. The van der Waals surface area contributed by atoms with Crippen LogP contribution in [0.1, 0.15) is 18.9 Å². The lowest BCUT2D eigenvalue weighted by Gasteiger charge is -2.06. The first-order valence-corrected chi connectivity index (χ1v) is 6.28. The minimum atomic E-state index is -0.974. The van der Waals surface area contributed by atoms with Gasteiger partial charge >= 0.3 is 17.8 Å². The van der Waals surface area contributed by atoms with Crippen LogP contribution in [0.25, 0.3) is 0 Å². The minimum Gasteiger partial charge on any atom is -0.466 e. The van der Waals surface area contributed by atoms with Gasteiger partial charge in [-0.15, -0.1) is 0 Å². The molecule has 1 rings (SSSR count). The molecule has 1 N–H and O–H groups in total. The summed E-state index contributed by atoms with van der Waals surface area (Å²) in [7, 11) is 0. The van der Waals surface area contributed by atoms with E-state index in [0.717, 1.165) is 5.56 Å². The molecule has 108 valence electrons. The lowest BCUT2D eigenvalue weighted by molar-refractivity contribution is -0.156. The smallest absolute Gasteiger partial charge is 0.397 e. The van der Waals surface area contributed by atoms with Gasteiger partial charge in [-0.3, -0.25) is 9.59 Å². The van der Waals surface area contributed by atoms with Gasteiger partial charge in [0.15, 0.2) is 0 Å². The van der Waals surface area contributed by atoms with E-state index >= 15 is 0 Å². The maximum atomic E-state index is 11.4. The molecule has 0 unspecified atom stereocenters. The quantitative estimate of drug-likeness (QED) is 0.615. The highest BCUT2D eigenvalue weighted by Gasteiger charge is 2.15. The zero-order valence-electron chi connectivity index (χ0n) is 11.3. The van der Waals surface area contributed by atoms with Gasteiger partial charge in [0.2, 0.25) is 0 Å². The molecule has 0 spiro atoms. The maximum Gasteiger partial charge on any atom is 0.397 e. The molecule has 20 heavy (non-hydrogen) atoms. The Morgan fingerprint density at radius 2 is 1.80 bits per heavy atom. The van der Waals surface area contributed by atoms with E-state index in [1.54, 1.807) is 19.1 Å². The van der Waals surface area contributed by atoms with E-state index in [9.17, 15) is 14.4 Å². The largest absolute Gasteiger partial charge is 0.466 e. The number of carbonyl (C=O) groups excluding carboxylic acids is 3. The van der Waals surface area contributed by atoms with Crippen LogP contribution in [-0.4, -0.2) is 31.0 Å². The predicted molar refractivity (Wildman–Crippen MR) is 70.5 cm³/mol. The molecule has 0 aromatic heterocycles. The third kappa shape index (κ3) is 5.99. The summed E-state index contributed by atoms with van der Waals surface area (Å²) >= 11 is 0. The summed E-state index contributed by atoms with van der Waals surface area (Å²) in [6, 6.07) is 9.02. The van der Waals surface area contributed by atoms with Gasteiger partial charge in [-0.2, -0.15) is 0 Å². The first-order valence-electron chi connectivity index (χ1n) is 6.28. The van der Waals surface area contributed by atoms with Crippen molar-refractivity contribution in [2.75, 3.05) is 13.2 Å². The molecule has 0 radical (unpaired) electrons. The Balaban J connectivity index is 2.22. The molecule has 0 aliphatic heterocycles. The standard InChI is InChI=1S/C14H17NO5/c1-2-19-12(16)8-9-15-13(17)14(18)20-10-11-6-4-3-5-7-11/h3-7H,2,8-10H2,1H3,(H,15,17). The van der Waals surface area contributed by atoms with Crippen molar-refractivity contribution in [3.8, 4) is 0 Å². The summed E-state index contributed by atoms with van der Waals surface area (Å²) in [5.41, 5.74) is 0.792. The van der Waals surface area contributed by atoms with Crippen molar-refractivity contribution in [2.24, 2.45) is 0 Å². The molecule has 0 aliphatic carbocycles. The molecule has 6 nitrogen and oxygen atoms in total. The van der Waals surface area contributed by atoms with E-state index in [2.05, 4.69) is 10.1 Å². The number of nitrogens with one attached hydrogen (secondary N) is 1. The highest BCUT2D eigenvalue weighted by molar-refractivity contribution is 6.32.